The summed E-state index contributed by atoms with van der Waals surface area (Å²) in [5, 5.41) is 9.85. The van der Waals surface area contributed by atoms with Gasteiger partial charge in [-0.2, -0.15) is 0 Å². The average Bonchev–Trinajstić information content (AvgIpc) is 2.65. The molecule has 1 aliphatic heterocycles. The molecule has 0 aromatic heterocycles. The predicted octanol–water partition coefficient (Wildman–Crippen LogP) is 0.918. The van der Waals surface area contributed by atoms with E-state index in [2.05, 4.69) is 11.8 Å². The van der Waals surface area contributed by atoms with Gasteiger partial charge in [0.05, 0.1) is 0 Å². The lowest BCUT2D eigenvalue weighted by molar-refractivity contribution is -0.00220. The van der Waals surface area contributed by atoms with Gasteiger partial charge in [0.25, 0.3) is 0 Å². The van der Waals surface area contributed by atoms with E-state index in [1.165, 1.54) is 12.8 Å². The summed E-state index contributed by atoms with van der Waals surface area (Å²) in [6.07, 6.45) is 5.21. The molecule has 1 rings (SSSR count). The molecule has 3 nitrogen and oxygen atoms in total. The Morgan fingerprint density at radius 3 is 2.54 bits per heavy atom. The number of unbranched alkanes of at least 4 members (excludes halogenated alkanes) is 1. The van der Waals surface area contributed by atoms with Crippen LogP contribution in [-0.2, 0) is 0 Å². The largest absolute Gasteiger partial charge is 0.377 e. The zero-order valence-electron chi connectivity index (χ0n) is 8.58. The van der Waals surface area contributed by atoms with Crippen molar-refractivity contribution in [2.24, 2.45) is 5.73 Å². The highest BCUT2D eigenvalue weighted by Gasteiger charge is 2.24. The van der Waals surface area contributed by atoms with Crippen molar-refractivity contribution in [2.45, 2.75) is 51.3 Å². The first kappa shape index (κ1) is 11.0. The molecule has 3 N–H and O–H groups in total. The Kier molecular flexibility index (Phi) is 4.70. The molecule has 1 heterocycles. The molecule has 0 aromatic rings. The Morgan fingerprint density at radius 2 is 2.00 bits per heavy atom. The normalized spacial score (nSPS) is 23.3. The summed E-state index contributed by atoms with van der Waals surface area (Å²) in [5.41, 5.74) is 5.89. The van der Waals surface area contributed by atoms with Crippen LogP contribution < -0.4 is 5.73 Å². The summed E-state index contributed by atoms with van der Waals surface area (Å²) in [6, 6.07) is -0.0574. The van der Waals surface area contributed by atoms with E-state index in [-0.39, 0.29) is 6.04 Å². The summed E-state index contributed by atoms with van der Waals surface area (Å²) < 4.78 is 0. The first-order valence-corrected chi connectivity index (χ1v) is 5.43. The Labute approximate surface area is 80.9 Å². The Morgan fingerprint density at radius 1 is 1.38 bits per heavy atom. The first-order valence-electron chi connectivity index (χ1n) is 5.43. The zero-order valence-corrected chi connectivity index (χ0v) is 8.58. The van der Waals surface area contributed by atoms with Gasteiger partial charge in [-0.15, -0.1) is 0 Å². The number of nitrogens with two attached hydrogens (primary N) is 1. The zero-order chi connectivity index (χ0) is 9.68. The fraction of sp³-hybridized carbons (Fsp3) is 1.00. The highest BCUT2D eigenvalue weighted by molar-refractivity contribution is 4.76. The second kappa shape index (κ2) is 5.58. The quantitative estimate of drug-likeness (QED) is 0.671. The van der Waals surface area contributed by atoms with Crippen LogP contribution in [0.3, 0.4) is 0 Å². The second-order valence-corrected chi connectivity index (χ2v) is 3.96. The highest BCUT2D eigenvalue weighted by atomic mass is 16.3. The van der Waals surface area contributed by atoms with E-state index in [9.17, 15) is 5.11 Å². The van der Waals surface area contributed by atoms with Crippen molar-refractivity contribution in [2.75, 3.05) is 13.1 Å². The SMILES string of the molecule is CCCCC(N)C(O)N1CCCC1. The monoisotopic (exact) mass is 186 g/mol. The number of aliphatic hydroxyl groups excluding tert-OH is 1. The van der Waals surface area contributed by atoms with Crippen LogP contribution in [-0.4, -0.2) is 35.4 Å². The maximum absolute atomic E-state index is 9.85. The molecule has 13 heavy (non-hydrogen) atoms. The average molecular weight is 186 g/mol. The molecule has 0 amide bonds. The number of likely N-dealkylation sites (tertiary alicyclic amines) is 1. The number of aliphatic hydroxyl groups is 1. The van der Waals surface area contributed by atoms with E-state index >= 15 is 0 Å². The van der Waals surface area contributed by atoms with Crippen LogP contribution >= 0.6 is 0 Å². The Bertz CT molecular complexity index is 135. The van der Waals surface area contributed by atoms with E-state index in [1.807, 2.05) is 0 Å². The summed E-state index contributed by atoms with van der Waals surface area (Å²) in [7, 11) is 0. The van der Waals surface area contributed by atoms with Crippen molar-refractivity contribution >= 4 is 0 Å². The number of hydrogen-bond donors (Lipinski definition) is 2. The molecule has 3 heteroatoms. The van der Waals surface area contributed by atoms with Gasteiger partial charge in [0.1, 0.15) is 6.23 Å². The van der Waals surface area contributed by atoms with Gasteiger partial charge in [0.2, 0.25) is 0 Å². The van der Waals surface area contributed by atoms with Crippen LogP contribution in [0.1, 0.15) is 39.0 Å². The fourth-order valence-corrected chi connectivity index (χ4v) is 1.87. The van der Waals surface area contributed by atoms with Crippen molar-refractivity contribution in [3.63, 3.8) is 0 Å². The Balaban J connectivity index is 2.23. The molecule has 78 valence electrons. The third kappa shape index (κ3) is 3.25. The topological polar surface area (TPSA) is 49.5 Å². The first-order chi connectivity index (χ1) is 6.25. The number of nitrogens with zero attached hydrogens (tertiary/aromatic N) is 1. The van der Waals surface area contributed by atoms with Crippen molar-refractivity contribution in [3.8, 4) is 0 Å². The maximum atomic E-state index is 9.85. The third-order valence-corrected chi connectivity index (χ3v) is 2.79. The van der Waals surface area contributed by atoms with Crippen LogP contribution in [0.5, 0.6) is 0 Å². The molecule has 0 saturated carbocycles. The summed E-state index contributed by atoms with van der Waals surface area (Å²) >= 11 is 0. The van der Waals surface area contributed by atoms with Gasteiger partial charge in [0, 0.05) is 19.1 Å². The molecule has 1 saturated heterocycles. The van der Waals surface area contributed by atoms with Crippen LogP contribution in [0.2, 0.25) is 0 Å². The molecular formula is C10H22N2O. The molecular weight excluding hydrogens is 164 g/mol. The lowest BCUT2D eigenvalue weighted by atomic mass is 10.1. The molecule has 0 radical (unpaired) electrons. The molecule has 2 unspecified atom stereocenters. The molecule has 0 bridgehead atoms. The predicted molar refractivity (Wildman–Crippen MR) is 54.3 cm³/mol. The van der Waals surface area contributed by atoms with Crippen molar-refractivity contribution in [1.29, 1.82) is 0 Å². The molecule has 0 aliphatic carbocycles. The second-order valence-electron chi connectivity index (χ2n) is 3.96. The molecule has 1 fully saturated rings. The van der Waals surface area contributed by atoms with Gasteiger partial charge >= 0.3 is 0 Å². The third-order valence-electron chi connectivity index (χ3n) is 2.79. The van der Waals surface area contributed by atoms with Gasteiger partial charge in [-0.25, -0.2) is 0 Å². The molecule has 1 aliphatic rings. The van der Waals surface area contributed by atoms with Crippen molar-refractivity contribution in [3.05, 3.63) is 0 Å². The van der Waals surface area contributed by atoms with Gasteiger partial charge in [-0.05, 0) is 19.3 Å². The lowest BCUT2D eigenvalue weighted by Crippen LogP contribution is -2.46. The number of hydrogen-bond acceptors (Lipinski definition) is 3. The van der Waals surface area contributed by atoms with Gasteiger partial charge < -0.3 is 10.8 Å². The summed E-state index contributed by atoms with van der Waals surface area (Å²) in [5.74, 6) is 0. The minimum atomic E-state index is -0.408. The highest BCUT2D eigenvalue weighted by Crippen LogP contribution is 2.14. The van der Waals surface area contributed by atoms with Crippen molar-refractivity contribution in [1.82, 2.24) is 4.90 Å². The van der Waals surface area contributed by atoms with E-state index in [1.54, 1.807) is 0 Å². The van der Waals surface area contributed by atoms with Gasteiger partial charge in [0.15, 0.2) is 0 Å². The minimum Gasteiger partial charge on any atom is -0.377 e. The lowest BCUT2D eigenvalue weighted by Gasteiger charge is -2.27. The molecule has 0 spiro atoms. The minimum absolute atomic E-state index is 0.0574. The summed E-state index contributed by atoms with van der Waals surface area (Å²) in [4.78, 5) is 2.10. The van der Waals surface area contributed by atoms with Crippen molar-refractivity contribution < 1.29 is 5.11 Å². The van der Waals surface area contributed by atoms with E-state index in [0.717, 1.165) is 32.4 Å². The maximum Gasteiger partial charge on any atom is 0.122 e. The van der Waals surface area contributed by atoms with Gasteiger partial charge in [-0.1, -0.05) is 19.8 Å². The smallest absolute Gasteiger partial charge is 0.122 e. The van der Waals surface area contributed by atoms with Crippen LogP contribution in [0.15, 0.2) is 0 Å². The van der Waals surface area contributed by atoms with Gasteiger partial charge in [-0.3, -0.25) is 4.90 Å². The number of rotatable bonds is 5. The Hall–Kier alpha value is -0.120. The van der Waals surface area contributed by atoms with Crippen LogP contribution in [0.25, 0.3) is 0 Å². The van der Waals surface area contributed by atoms with E-state index in [4.69, 9.17) is 5.73 Å². The van der Waals surface area contributed by atoms with Crippen LogP contribution in [0, 0.1) is 0 Å². The standard InChI is InChI=1S/C10H22N2O/c1-2-3-6-9(11)10(13)12-7-4-5-8-12/h9-10,13H,2-8,11H2,1H3. The van der Waals surface area contributed by atoms with E-state index < -0.39 is 6.23 Å². The van der Waals surface area contributed by atoms with E-state index in [0.29, 0.717) is 0 Å². The van der Waals surface area contributed by atoms with Crippen LogP contribution in [0.4, 0.5) is 0 Å². The molecule has 0 aromatic carbocycles. The molecule has 2 atom stereocenters. The summed E-state index contributed by atoms with van der Waals surface area (Å²) in [6.45, 7) is 4.18. The fourth-order valence-electron chi connectivity index (χ4n) is 1.87.